The van der Waals surface area contributed by atoms with Crippen LogP contribution in [0.15, 0.2) is 42.6 Å². The Morgan fingerprint density at radius 1 is 1.24 bits per heavy atom. The van der Waals surface area contributed by atoms with Crippen LogP contribution in [0.5, 0.6) is 0 Å². The van der Waals surface area contributed by atoms with E-state index < -0.39 is 18.9 Å². The molecular formula is C15H16F2N2O2. The van der Waals surface area contributed by atoms with Crippen molar-refractivity contribution in [2.24, 2.45) is 0 Å². The predicted octanol–water partition coefficient (Wildman–Crippen LogP) is 2.18. The molecule has 6 heteroatoms. The van der Waals surface area contributed by atoms with Crippen LogP contribution < -0.4 is 5.32 Å². The summed E-state index contributed by atoms with van der Waals surface area (Å²) in [7, 11) is 0. The van der Waals surface area contributed by atoms with E-state index in [9.17, 15) is 13.6 Å². The number of halogens is 2. The standard InChI is InChI=1S/C15H16F2N2O2/c16-14(17)9-19-6-2-5-13(19)15(21)18-8-11-3-1-4-12(7-11)10-20/h1-7,14,20H,8-10H2,(H,18,21). The molecule has 4 nitrogen and oxygen atoms in total. The molecule has 0 aliphatic rings. The molecule has 2 aromatic rings. The monoisotopic (exact) mass is 294 g/mol. The van der Waals surface area contributed by atoms with E-state index in [-0.39, 0.29) is 18.8 Å². The highest BCUT2D eigenvalue weighted by atomic mass is 19.3. The first-order valence-corrected chi connectivity index (χ1v) is 6.50. The fourth-order valence-corrected chi connectivity index (χ4v) is 2.04. The first-order valence-electron chi connectivity index (χ1n) is 6.50. The summed E-state index contributed by atoms with van der Waals surface area (Å²) in [6.45, 7) is -0.304. The summed E-state index contributed by atoms with van der Waals surface area (Å²) in [4.78, 5) is 12.0. The van der Waals surface area contributed by atoms with Crippen LogP contribution in [-0.4, -0.2) is 22.0 Å². The molecule has 0 bridgehead atoms. The summed E-state index contributed by atoms with van der Waals surface area (Å²) in [5.74, 6) is -0.407. The van der Waals surface area contributed by atoms with Crippen molar-refractivity contribution in [3.8, 4) is 0 Å². The van der Waals surface area contributed by atoms with E-state index in [0.29, 0.717) is 0 Å². The van der Waals surface area contributed by atoms with E-state index in [2.05, 4.69) is 5.32 Å². The Hall–Kier alpha value is -2.21. The lowest BCUT2D eigenvalue weighted by atomic mass is 10.1. The van der Waals surface area contributed by atoms with Crippen molar-refractivity contribution >= 4 is 5.91 Å². The highest BCUT2D eigenvalue weighted by Crippen LogP contribution is 2.08. The van der Waals surface area contributed by atoms with Crippen LogP contribution in [0.2, 0.25) is 0 Å². The van der Waals surface area contributed by atoms with Gasteiger partial charge < -0.3 is 15.0 Å². The molecule has 0 unspecified atom stereocenters. The third kappa shape index (κ3) is 4.13. The number of aliphatic hydroxyl groups excluding tert-OH is 1. The number of aliphatic hydroxyl groups is 1. The molecule has 0 radical (unpaired) electrons. The van der Waals surface area contributed by atoms with Gasteiger partial charge in [-0.15, -0.1) is 0 Å². The zero-order valence-electron chi connectivity index (χ0n) is 11.3. The maximum absolute atomic E-state index is 12.4. The second-order valence-corrected chi connectivity index (χ2v) is 4.60. The summed E-state index contributed by atoms with van der Waals surface area (Å²) < 4.78 is 26.0. The zero-order valence-corrected chi connectivity index (χ0v) is 11.3. The Kier molecular flexibility index (Phi) is 5.05. The van der Waals surface area contributed by atoms with Crippen molar-refractivity contribution in [2.75, 3.05) is 0 Å². The van der Waals surface area contributed by atoms with Gasteiger partial charge in [-0.3, -0.25) is 4.79 Å². The van der Waals surface area contributed by atoms with Gasteiger partial charge in [0, 0.05) is 12.7 Å². The quantitative estimate of drug-likeness (QED) is 0.858. The van der Waals surface area contributed by atoms with Gasteiger partial charge in [0.1, 0.15) is 5.69 Å². The van der Waals surface area contributed by atoms with Gasteiger partial charge in [-0.25, -0.2) is 8.78 Å². The van der Waals surface area contributed by atoms with Crippen LogP contribution in [0.25, 0.3) is 0 Å². The molecule has 0 saturated heterocycles. The summed E-state index contributed by atoms with van der Waals surface area (Å²) in [6.07, 6.45) is -1.06. The Bertz CT molecular complexity index is 611. The Labute approximate surface area is 121 Å². The number of hydrogen-bond donors (Lipinski definition) is 2. The van der Waals surface area contributed by atoms with Gasteiger partial charge in [0.2, 0.25) is 0 Å². The highest BCUT2D eigenvalue weighted by molar-refractivity contribution is 5.92. The number of benzene rings is 1. The highest BCUT2D eigenvalue weighted by Gasteiger charge is 2.13. The van der Waals surface area contributed by atoms with Crippen molar-refractivity contribution in [2.45, 2.75) is 26.1 Å². The van der Waals surface area contributed by atoms with Crippen molar-refractivity contribution in [3.63, 3.8) is 0 Å². The van der Waals surface area contributed by atoms with Crippen LogP contribution in [0, 0.1) is 0 Å². The Balaban J connectivity index is 2.00. The van der Waals surface area contributed by atoms with Crippen molar-refractivity contribution in [3.05, 3.63) is 59.4 Å². The first-order chi connectivity index (χ1) is 10.1. The molecule has 1 aromatic carbocycles. The number of amides is 1. The third-order valence-corrected chi connectivity index (χ3v) is 3.02. The number of carbonyl (C=O) groups is 1. The molecule has 0 aliphatic heterocycles. The number of rotatable bonds is 6. The second-order valence-electron chi connectivity index (χ2n) is 4.60. The van der Waals surface area contributed by atoms with Gasteiger partial charge in [0.15, 0.2) is 0 Å². The molecule has 112 valence electrons. The van der Waals surface area contributed by atoms with Gasteiger partial charge in [0.25, 0.3) is 12.3 Å². The van der Waals surface area contributed by atoms with Gasteiger partial charge in [-0.1, -0.05) is 24.3 Å². The van der Waals surface area contributed by atoms with Crippen molar-refractivity contribution in [1.29, 1.82) is 0 Å². The molecule has 1 amide bonds. The number of hydrogen-bond acceptors (Lipinski definition) is 2. The molecular weight excluding hydrogens is 278 g/mol. The molecule has 0 fully saturated rings. The molecule has 0 atom stereocenters. The predicted molar refractivity (Wildman–Crippen MR) is 74.0 cm³/mol. The van der Waals surface area contributed by atoms with Crippen molar-refractivity contribution in [1.82, 2.24) is 9.88 Å². The van der Waals surface area contributed by atoms with Crippen molar-refractivity contribution < 1.29 is 18.7 Å². The molecule has 2 N–H and O–H groups in total. The molecule has 0 saturated carbocycles. The maximum Gasteiger partial charge on any atom is 0.268 e. The maximum atomic E-state index is 12.4. The fourth-order valence-electron chi connectivity index (χ4n) is 2.04. The number of carbonyl (C=O) groups excluding carboxylic acids is 1. The minimum atomic E-state index is -2.51. The van der Waals surface area contributed by atoms with Gasteiger partial charge >= 0.3 is 0 Å². The molecule has 21 heavy (non-hydrogen) atoms. The molecule has 1 heterocycles. The Morgan fingerprint density at radius 3 is 2.71 bits per heavy atom. The normalized spacial score (nSPS) is 10.9. The van der Waals surface area contributed by atoms with Gasteiger partial charge in [-0.05, 0) is 23.3 Å². The van der Waals surface area contributed by atoms with E-state index in [1.54, 1.807) is 24.3 Å². The number of nitrogens with zero attached hydrogens (tertiary/aromatic N) is 1. The minimum Gasteiger partial charge on any atom is -0.392 e. The minimum absolute atomic E-state index is 0.0704. The lowest BCUT2D eigenvalue weighted by Gasteiger charge is -2.10. The van der Waals surface area contributed by atoms with Crippen LogP contribution >= 0.6 is 0 Å². The SMILES string of the molecule is O=C(NCc1cccc(CO)c1)c1cccn1CC(F)F. The van der Waals surface area contributed by atoms with E-state index in [0.717, 1.165) is 11.1 Å². The lowest BCUT2D eigenvalue weighted by molar-refractivity contribution is 0.0928. The molecule has 0 spiro atoms. The number of alkyl halides is 2. The Morgan fingerprint density at radius 2 is 2.00 bits per heavy atom. The largest absolute Gasteiger partial charge is 0.392 e. The number of nitrogens with one attached hydrogen (secondary N) is 1. The third-order valence-electron chi connectivity index (χ3n) is 3.02. The molecule has 1 aromatic heterocycles. The van der Waals surface area contributed by atoms with Crippen LogP contribution in [-0.2, 0) is 19.7 Å². The fraction of sp³-hybridized carbons (Fsp3) is 0.267. The first kappa shape index (κ1) is 15.2. The second kappa shape index (κ2) is 6.99. The average molecular weight is 294 g/mol. The van der Waals surface area contributed by atoms with Crippen LogP contribution in [0.1, 0.15) is 21.6 Å². The summed E-state index contributed by atoms with van der Waals surface area (Å²) >= 11 is 0. The zero-order chi connectivity index (χ0) is 15.2. The molecule has 2 rings (SSSR count). The van der Waals surface area contributed by atoms with E-state index >= 15 is 0 Å². The average Bonchev–Trinajstić information content (AvgIpc) is 2.92. The van der Waals surface area contributed by atoms with E-state index in [1.807, 2.05) is 6.07 Å². The summed E-state index contributed by atoms with van der Waals surface area (Å²) in [5.41, 5.74) is 1.79. The number of aromatic nitrogens is 1. The lowest BCUT2D eigenvalue weighted by Crippen LogP contribution is -2.26. The topological polar surface area (TPSA) is 54.3 Å². The summed E-state index contributed by atoms with van der Waals surface area (Å²) in [6, 6.07) is 10.2. The smallest absolute Gasteiger partial charge is 0.268 e. The van der Waals surface area contributed by atoms with Crippen LogP contribution in [0.3, 0.4) is 0 Å². The van der Waals surface area contributed by atoms with Gasteiger partial charge in [0.05, 0.1) is 13.2 Å². The van der Waals surface area contributed by atoms with Gasteiger partial charge in [-0.2, -0.15) is 0 Å². The summed E-state index contributed by atoms with van der Waals surface area (Å²) in [5, 5.41) is 11.7. The van der Waals surface area contributed by atoms with Crippen LogP contribution in [0.4, 0.5) is 8.78 Å². The van der Waals surface area contributed by atoms with E-state index in [1.165, 1.54) is 16.8 Å². The van der Waals surface area contributed by atoms with E-state index in [4.69, 9.17) is 5.11 Å². The molecule has 0 aliphatic carbocycles.